The summed E-state index contributed by atoms with van der Waals surface area (Å²) in [5.41, 5.74) is 7.66. The van der Waals surface area contributed by atoms with Crippen molar-refractivity contribution in [3.63, 3.8) is 0 Å². The highest BCUT2D eigenvalue weighted by Gasteiger charge is 2.16. The molecule has 0 saturated carbocycles. The quantitative estimate of drug-likeness (QED) is 0.267. The highest BCUT2D eigenvalue weighted by molar-refractivity contribution is 6.04. The standard InChI is InChI=1S/C33H32N6O/c1-23-21-28(15-16-30(23)39-19-17-38(2)18-20-39)36-33-34-22-26-7-6-10-29(31(26)37-33)24-11-13-25(14-12-24)32(40)35-27-8-4-3-5-9-27/h3-16,21-22H,17-20H2,1-2H3,(H,35,40)(H,34,36,37). The fourth-order valence-electron chi connectivity index (χ4n) is 5.14. The zero-order valence-electron chi connectivity index (χ0n) is 22.8. The van der Waals surface area contributed by atoms with E-state index in [0.29, 0.717) is 11.5 Å². The number of piperazine rings is 1. The van der Waals surface area contributed by atoms with Crippen LogP contribution in [0.5, 0.6) is 0 Å². The average Bonchev–Trinajstić information content (AvgIpc) is 2.98. The summed E-state index contributed by atoms with van der Waals surface area (Å²) in [6, 6.07) is 29.6. The van der Waals surface area contributed by atoms with Crippen LogP contribution in [0, 0.1) is 6.92 Å². The van der Waals surface area contributed by atoms with Gasteiger partial charge in [0.15, 0.2) is 0 Å². The van der Waals surface area contributed by atoms with Crippen LogP contribution >= 0.6 is 0 Å². The van der Waals surface area contributed by atoms with E-state index in [9.17, 15) is 4.79 Å². The second-order valence-corrected chi connectivity index (χ2v) is 10.3. The Bertz CT molecular complexity index is 1640. The van der Waals surface area contributed by atoms with Crippen molar-refractivity contribution >= 4 is 39.8 Å². The van der Waals surface area contributed by atoms with Gasteiger partial charge < -0.3 is 20.4 Å². The van der Waals surface area contributed by atoms with E-state index >= 15 is 0 Å². The number of likely N-dealkylation sites (N-methyl/N-ethyl adjacent to an activating group) is 1. The van der Waals surface area contributed by atoms with E-state index in [1.165, 1.54) is 11.3 Å². The maximum Gasteiger partial charge on any atom is 0.255 e. The minimum absolute atomic E-state index is 0.140. The van der Waals surface area contributed by atoms with Gasteiger partial charge in [0.2, 0.25) is 5.95 Å². The summed E-state index contributed by atoms with van der Waals surface area (Å²) in [4.78, 5) is 27.0. The SMILES string of the molecule is Cc1cc(Nc2ncc3cccc(-c4ccc(C(=O)Nc5ccccc5)cc4)c3n2)ccc1N1CCN(C)CC1. The Kier molecular flexibility index (Phi) is 7.12. The van der Waals surface area contributed by atoms with Crippen LogP contribution in [0.1, 0.15) is 15.9 Å². The van der Waals surface area contributed by atoms with Gasteiger partial charge in [0, 0.05) is 66.0 Å². The summed E-state index contributed by atoms with van der Waals surface area (Å²) in [6.07, 6.45) is 1.85. The normalized spacial score (nSPS) is 13.8. The number of nitrogens with one attached hydrogen (secondary N) is 2. The first-order valence-corrected chi connectivity index (χ1v) is 13.6. The Hall–Kier alpha value is -4.75. The molecule has 0 bridgehead atoms. The number of aryl methyl sites for hydroxylation is 1. The zero-order valence-corrected chi connectivity index (χ0v) is 22.8. The number of carbonyl (C=O) groups excluding carboxylic acids is 1. The highest BCUT2D eigenvalue weighted by Crippen LogP contribution is 2.30. The number of hydrogen-bond acceptors (Lipinski definition) is 6. The van der Waals surface area contributed by atoms with Crippen LogP contribution in [0.4, 0.5) is 23.0 Å². The van der Waals surface area contributed by atoms with Crippen LogP contribution in [-0.4, -0.2) is 54.0 Å². The highest BCUT2D eigenvalue weighted by atomic mass is 16.1. The third-order valence-electron chi connectivity index (χ3n) is 7.40. The van der Waals surface area contributed by atoms with Gasteiger partial charge in [0.1, 0.15) is 0 Å². The Morgan fingerprint density at radius 1 is 0.825 bits per heavy atom. The third-order valence-corrected chi connectivity index (χ3v) is 7.40. The van der Waals surface area contributed by atoms with Crippen LogP contribution < -0.4 is 15.5 Å². The van der Waals surface area contributed by atoms with Crippen LogP contribution in [0.3, 0.4) is 0 Å². The summed E-state index contributed by atoms with van der Waals surface area (Å²) in [5, 5.41) is 7.29. The van der Waals surface area contributed by atoms with Crippen molar-refractivity contribution in [1.82, 2.24) is 14.9 Å². The Morgan fingerprint density at radius 2 is 1.60 bits per heavy atom. The van der Waals surface area contributed by atoms with Crippen molar-refractivity contribution in [3.05, 3.63) is 108 Å². The summed E-state index contributed by atoms with van der Waals surface area (Å²) >= 11 is 0. The molecule has 6 rings (SSSR count). The van der Waals surface area contributed by atoms with Crippen LogP contribution in [-0.2, 0) is 0 Å². The minimum Gasteiger partial charge on any atom is -0.369 e. The molecular weight excluding hydrogens is 496 g/mol. The number of carbonyl (C=O) groups is 1. The smallest absolute Gasteiger partial charge is 0.255 e. The van der Waals surface area contributed by atoms with Gasteiger partial charge in [-0.25, -0.2) is 9.97 Å². The lowest BCUT2D eigenvalue weighted by molar-refractivity contribution is 0.102. The summed E-state index contributed by atoms with van der Waals surface area (Å²) in [7, 11) is 2.17. The van der Waals surface area contributed by atoms with Crippen LogP contribution in [0.2, 0.25) is 0 Å². The van der Waals surface area contributed by atoms with Crippen molar-refractivity contribution in [2.24, 2.45) is 0 Å². The molecule has 1 aromatic heterocycles. The molecule has 5 aromatic rings. The number of anilines is 4. The fourth-order valence-corrected chi connectivity index (χ4v) is 5.14. The second kappa shape index (κ2) is 11.2. The molecule has 4 aromatic carbocycles. The first kappa shape index (κ1) is 25.5. The molecule has 1 amide bonds. The Balaban J connectivity index is 1.22. The van der Waals surface area contributed by atoms with Crippen molar-refractivity contribution in [3.8, 4) is 11.1 Å². The molecule has 0 unspecified atom stereocenters. The molecule has 1 aliphatic rings. The number of nitrogens with zero attached hydrogens (tertiary/aromatic N) is 4. The van der Waals surface area contributed by atoms with Crippen molar-refractivity contribution < 1.29 is 4.79 Å². The third kappa shape index (κ3) is 5.51. The molecule has 2 N–H and O–H groups in total. The van der Waals surface area contributed by atoms with E-state index in [-0.39, 0.29) is 5.91 Å². The Labute approximate surface area is 234 Å². The van der Waals surface area contributed by atoms with Crippen molar-refractivity contribution in [2.45, 2.75) is 6.92 Å². The molecule has 0 spiro atoms. The van der Waals surface area contributed by atoms with E-state index in [1.54, 1.807) is 0 Å². The van der Waals surface area contributed by atoms with Gasteiger partial charge in [0.25, 0.3) is 5.91 Å². The second-order valence-electron chi connectivity index (χ2n) is 10.3. The molecule has 40 heavy (non-hydrogen) atoms. The number of aromatic nitrogens is 2. The van der Waals surface area contributed by atoms with Gasteiger partial charge in [0.05, 0.1) is 5.52 Å². The van der Waals surface area contributed by atoms with Crippen LogP contribution in [0.15, 0.2) is 97.2 Å². The fraction of sp³-hybridized carbons (Fsp3) is 0.182. The van der Waals surface area contributed by atoms with E-state index < -0.39 is 0 Å². The first-order valence-electron chi connectivity index (χ1n) is 13.6. The monoisotopic (exact) mass is 528 g/mol. The van der Waals surface area contributed by atoms with Gasteiger partial charge >= 0.3 is 0 Å². The number of benzene rings is 4. The minimum atomic E-state index is -0.140. The lowest BCUT2D eigenvalue weighted by Gasteiger charge is -2.35. The topological polar surface area (TPSA) is 73.4 Å². The zero-order chi connectivity index (χ0) is 27.5. The predicted octanol–water partition coefficient (Wildman–Crippen LogP) is 6.35. The molecule has 0 radical (unpaired) electrons. The van der Waals surface area contributed by atoms with Gasteiger partial charge in [-0.2, -0.15) is 0 Å². The molecule has 0 aliphatic carbocycles. The summed E-state index contributed by atoms with van der Waals surface area (Å²) in [6.45, 7) is 6.40. The van der Waals surface area contributed by atoms with E-state index in [2.05, 4.69) is 57.6 Å². The maximum absolute atomic E-state index is 12.7. The molecule has 1 fully saturated rings. The molecule has 200 valence electrons. The van der Waals surface area contributed by atoms with Crippen LogP contribution in [0.25, 0.3) is 22.0 Å². The molecule has 7 heteroatoms. The molecule has 2 heterocycles. The number of rotatable bonds is 6. The van der Waals surface area contributed by atoms with E-state index in [0.717, 1.165) is 59.6 Å². The molecule has 0 atom stereocenters. The van der Waals surface area contributed by atoms with Gasteiger partial charge in [-0.15, -0.1) is 0 Å². The number of hydrogen-bond donors (Lipinski definition) is 2. The number of fused-ring (bicyclic) bond motifs is 1. The predicted molar refractivity (Wildman–Crippen MR) is 164 cm³/mol. The molecule has 7 nitrogen and oxygen atoms in total. The van der Waals surface area contributed by atoms with E-state index in [4.69, 9.17) is 4.98 Å². The summed E-state index contributed by atoms with van der Waals surface area (Å²) in [5.74, 6) is 0.406. The summed E-state index contributed by atoms with van der Waals surface area (Å²) < 4.78 is 0. The lowest BCUT2D eigenvalue weighted by atomic mass is 10.0. The van der Waals surface area contributed by atoms with Gasteiger partial charge in [-0.3, -0.25) is 4.79 Å². The first-order chi connectivity index (χ1) is 19.5. The maximum atomic E-state index is 12.7. The average molecular weight is 529 g/mol. The Morgan fingerprint density at radius 3 is 2.35 bits per heavy atom. The number of amides is 1. The number of para-hydroxylation sites is 2. The van der Waals surface area contributed by atoms with Gasteiger partial charge in [-0.1, -0.05) is 48.5 Å². The largest absolute Gasteiger partial charge is 0.369 e. The van der Waals surface area contributed by atoms with E-state index in [1.807, 2.05) is 79.0 Å². The molecular formula is C33H32N6O. The lowest BCUT2D eigenvalue weighted by Crippen LogP contribution is -2.44. The van der Waals surface area contributed by atoms with Crippen molar-refractivity contribution in [1.29, 1.82) is 0 Å². The molecule has 1 aliphatic heterocycles. The molecule has 1 saturated heterocycles. The van der Waals surface area contributed by atoms with Crippen molar-refractivity contribution in [2.75, 3.05) is 48.8 Å². The van der Waals surface area contributed by atoms with Gasteiger partial charge in [-0.05, 0) is 67.6 Å².